The Morgan fingerprint density at radius 3 is 2.44 bits per heavy atom. The number of benzene rings is 1. The third-order valence-corrected chi connectivity index (χ3v) is 6.02. The largest absolute Gasteiger partial charge is 0.497 e. The Balaban J connectivity index is 1.36. The van der Waals surface area contributed by atoms with Gasteiger partial charge in [0, 0.05) is 6.07 Å². The van der Waals surface area contributed by atoms with Crippen LogP contribution in [0.2, 0.25) is 0 Å². The molecule has 1 aromatic rings. The highest BCUT2D eigenvalue weighted by Gasteiger charge is 2.51. The van der Waals surface area contributed by atoms with Gasteiger partial charge in [-0.05, 0) is 50.9 Å². The summed E-state index contributed by atoms with van der Waals surface area (Å²) in [5, 5.41) is 0. The summed E-state index contributed by atoms with van der Waals surface area (Å²) in [6, 6.07) is 7.67. The third-order valence-electron chi connectivity index (χ3n) is 6.02. The summed E-state index contributed by atoms with van der Waals surface area (Å²) in [6.45, 7) is 3.57. The summed E-state index contributed by atoms with van der Waals surface area (Å²) < 4.78 is 11.2. The van der Waals surface area contributed by atoms with Crippen molar-refractivity contribution in [3.05, 3.63) is 24.3 Å². The molecular weight excluding hydrogens is 316 g/mol. The fourth-order valence-electron chi connectivity index (χ4n) is 4.61. The summed E-state index contributed by atoms with van der Waals surface area (Å²) in [5.41, 5.74) is -0.211. The standard InChI is InChI=1S/C20H28N2O3/c1-24-16-7-6-8-17(13-16)25-18-14-21(15-18)19(23)20(9-2-3-10-20)22-11-4-5-12-22/h6-8,13,18H,2-5,9-12,14-15H2,1H3. The molecule has 1 aliphatic carbocycles. The molecule has 1 amide bonds. The molecule has 0 aromatic heterocycles. The summed E-state index contributed by atoms with van der Waals surface area (Å²) in [4.78, 5) is 17.7. The molecule has 2 aliphatic heterocycles. The van der Waals surface area contributed by atoms with Crippen LogP contribution in [0.15, 0.2) is 24.3 Å². The van der Waals surface area contributed by atoms with Crippen LogP contribution < -0.4 is 9.47 Å². The zero-order chi connectivity index (χ0) is 17.3. The highest BCUT2D eigenvalue weighted by Crippen LogP contribution is 2.40. The summed E-state index contributed by atoms with van der Waals surface area (Å²) in [5.74, 6) is 1.95. The number of hydrogen-bond acceptors (Lipinski definition) is 4. The summed E-state index contributed by atoms with van der Waals surface area (Å²) in [6.07, 6.45) is 6.98. The number of ether oxygens (including phenoxy) is 2. The van der Waals surface area contributed by atoms with E-state index < -0.39 is 0 Å². The SMILES string of the molecule is COc1cccc(OC2CN(C(=O)C3(N4CCCC4)CCCC3)C2)c1. The average Bonchev–Trinajstić information content (AvgIpc) is 3.29. The molecule has 1 saturated carbocycles. The Morgan fingerprint density at radius 2 is 1.76 bits per heavy atom. The van der Waals surface area contributed by atoms with Crippen LogP contribution in [-0.4, -0.2) is 60.6 Å². The van der Waals surface area contributed by atoms with Gasteiger partial charge in [-0.3, -0.25) is 9.69 Å². The van der Waals surface area contributed by atoms with Crippen molar-refractivity contribution in [2.24, 2.45) is 0 Å². The highest BCUT2D eigenvalue weighted by molar-refractivity contribution is 5.87. The number of nitrogens with zero attached hydrogens (tertiary/aromatic N) is 2. The first kappa shape index (κ1) is 16.7. The second kappa shape index (κ2) is 6.87. The van der Waals surface area contributed by atoms with E-state index in [1.807, 2.05) is 29.2 Å². The first-order valence-electron chi connectivity index (χ1n) is 9.56. The summed E-state index contributed by atoms with van der Waals surface area (Å²) >= 11 is 0. The zero-order valence-corrected chi connectivity index (χ0v) is 15.1. The molecule has 0 spiro atoms. The highest BCUT2D eigenvalue weighted by atomic mass is 16.5. The number of rotatable bonds is 5. The molecule has 1 aromatic carbocycles. The van der Waals surface area contributed by atoms with Crippen LogP contribution in [0.1, 0.15) is 38.5 Å². The van der Waals surface area contributed by atoms with Crippen molar-refractivity contribution in [2.75, 3.05) is 33.3 Å². The third kappa shape index (κ3) is 3.10. The molecule has 3 fully saturated rings. The van der Waals surface area contributed by atoms with Gasteiger partial charge in [0.2, 0.25) is 5.91 Å². The van der Waals surface area contributed by atoms with Gasteiger partial charge in [0.15, 0.2) is 0 Å². The molecule has 0 bridgehead atoms. The smallest absolute Gasteiger partial charge is 0.243 e. The van der Waals surface area contributed by atoms with Gasteiger partial charge in [-0.2, -0.15) is 0 Å². The van der Waals surface area contributed by atoms with Crippen molar-refractivity contribution in [3.8, 4) is 11.5 Å². The molecule has 2 heterocycles. The van der Waals surface area contributed by atoms with Crippen LogP contribution in [0.3, 0.4) is 0 Å². The molecule has 5 heteroatoms. The first-order chi connectivity index (χ1) is 12.2. The van der Waals surface area contributed by atoms with E-state index in [9.17, 15) is 4.79 Å². The van der Waals surface area contributed by atoms with Gasteiger partial charge in [0.25, 0.3) is 0 Å². The maximum absolute atomic E-state index is 13.2. The minimum Gasteiger partial charge on any atom is -0.497 e. The lowest BCUT2D eigenvalue weighted by molar-refractivity contribution is -0.153. The molecule has 0 unspecified atom stereocenters. The number of likely N-dealkylation sites (tertiary alicyclic amines) is 2. The van der Waals surface area contributed by atoms with Crippen LogP contribution in [0.5, 0.6) is 11.5 Å². The second-order valence-electron chi connectivity index (χ2n) is 7.56. The van der Waals surface area contributed by atoms with E-state index in [-0.39, 0.29) is 11.6 Å². The van der Waals surface area contributed by atoms with Crippen LogP contribution in [0.4, 0.5) is 0 Å². The lowest BCUT2D eigenvalue weighted by atomic mass is 9.91. The van der Waals surface area contributed by atoms with E-state index in [0.717, 1.165) is 37.4 Å². The molecular formula is C20H28N2O3. The molecule has 3 aliphatic rings. The molecule has 4 rings (SSSR count). The Kier molecular flexibility index (Phi) is 4.59. The number of hydrogen-bond donors (Lipinski definition) is 0. The van der Waals surface area contributed by atoms with Gasteiger partial charge >= 0.3 is 0 Å². The predicted octanol–water partition coefficient (Wildman–Crippen LogP) is 2.69. The van der Waals surface area contributed by atoms with Gasteiger partial charge in [0.05, 0.1) is 20.2 Å². The molecule has 0 N–H and O–H groups in total. The van der Waals surface area contributed by atoms with Crippen molar-refractivity contribution >= 4 is 5.91 Å². The number of carbonyl (C=O) groups excluding carboxylic acids is 1. The van der Waals surface area contributed by atoms with Gasteiger partial charge in [-0.1, -0.05) is 18.9 Å². The molecule has 0 radical (unpaired) electrons. The average molecular weight is 344 g/mol. The van der Waals surface area contributed by atoms with E-state index in [1.165, 1.54) is 25.7 Å². The lowest BCUT2D eigenvalue weighted by Gasteiger charge is -2.46. The molecule has 0 atom stereocenters. The number of carbonyl (C=O) groups is 1. The lowest BCUT2D eigenvalue weighted by Crippen LogP contribution is -2.65. The second-order valence-corrected chi connectivity index (χ2v) is 7.56. The number of methoxy groups -OCH3 is 1. The predicted molar refractivity (Wildman–Crippen MR) is 96.0 cm³/mol. The van der Waals surface area contributed by atoms with E-state index in [1.54, 1.807) is 7.11 Å². The minimum absolute atomic E-state index is 0.0908. The van der Waals surface area contributed by atoms with Crippen molar-refractivity contribution < 1.29 is 14.3 Å². The fourth-order valence-corrected chi connectivity index (χ4v) is 4.61. The summed E-state index contributed by atoms with van der Waals surface area (Å²) in [7, 11) is 1.66. The normalized spacial score (nSPS) is 23.5. The van der Waals surface area contributed by atoms with Gasteiger partial charge in [-0.15, -0.1) is 0 Å². The molecule has 2 saturated heterocycles. The maximum atomic E-state index is 13.2. The minimum atomic E-state index is -0.211. The van der Waals surface area contributed by atoms with Gasteiger partial charge in [0.1, 0.15) is 23.1 Å². The van der Waals surface area contributed by atoms with Gasteiger partial charge in [-0.25, -0.2) is 0 Å². The van der Waals surface area contributed by atoms with E-state index >= 15 is 0 Å². The number of amides is 1. The fraction of sp³-hybridized carbons (Fsp3) is 0.650. The van der Waals surface area contributed by atoms with Crippen LogP contribution in [0, 0.1) is 0 Å². The Morgan fingerprint density at radius 1 is 1.08 bits per heavy atom. The monoisotopic (exact) mass is 344 g/mol. The topological polar surface area (TPSA) is 42.0 Å². The van der Waals surface area contributed by atoms with Crippen LogP contribution in [-0.2, 0) is 4.79 Å². The Bertz CT molecular complexity index is 615. The molecule has 136 valence electrons. The zero-order valence-electron chi connectivity index (χ0n) is 15.1. The molecule has 5 nitrogen and oxygen atoms in total. The quantitative estimate of drug-likeness (QED) is 0.824. The Labute approximate surface area is 149 Å². The Hall–Kier alpha value is -1.75. The molecule has 25 heavy (non-hydrogen) atoms. The maximum Gasteiger partial charge on any atom is 0.243 e. The van der Waals surface area contributed by atoms with Crippen molar-refractivity contribution in [1.29, 1.82) is 0 Å². The van der Waals surface area contributed by atoms with Crippen LogP contribution in [0.25, 0.3) is 0 Å². The van der Waals surface area contributed by atoms with E-state index in [0.29, 0.717) is 19.0 Å². The van der Waals surface area contributed by atoms with Crippen molar-refractivity contribution in [1.82, 2.24) is 9.80 Å². The van der Waals surface area contributed by atoms with Crippen molar-refractivity contribution in [3.63, 3.8) is 0 Å². The van der Waals surface area contributed by atoms with E-state index in [2.05, 4.69) is 4.90 Å². The van der Waals surface area contributed by atoms with Crippen molar-refractivity contribution in [2.45, 2.75) is 50.2 Å². The van der Waals surface area contributed by atoms with Crippen LogP contribution >= 0.6 is 0 Å². The first-order valence-corrected chi connectivity index (χ1v) is 9.56. The van der Waals surface area contributed by atoms with Gasteiger partial charge < -0.3 is 14.4 Å². The van der Waals surface area contributed by atoms with E-state index in [4.69, 9.17) is 9.47 Å².